The molecule has 2 amide bonds. The molecule has 0 spiro atoms. The van der Waals surface area contributed by atoms with Gasteiger partial charge in [-0.25, -0.2) is 13.4 Å². The first-order chi connectivity index (χ1) is 13.8. The number of halogens is 1. The SMILES string of the molecule is NCCNC(=O)C1CN(S(=O)(=O)c2cccs2)CCN1C(=O)c1ccc(Cl)nc1. The number of nitrogens with zero attached hydrogens (tertiary/aromatic N) is 3. The van der Waals surface area contributed by atoms with Crippen LogP contribution in [0.5, 0.6) is 0 Å². The van der Waals surface area contributed by atoms with Crippen molar-refractivity contribution in [2.45, 2.75) is 10.3 Å². The smallest absolute Gasteiger partial charge is 0.256 e. The van der Waals surface area contributed by atoms with Gasteiger partial charge in [-0.3, -0.25) is 9.59 Å². The summed E-state index contributed by atoms with van der Waals surface area (Å²) in [5.41, 5.74) is 5.71. The van der Waals surface area contributed by atoms with E-state index in [1.54, 1.807) is 11.4 Å². The number of hydrogen-bond donors (Lipinski definition) is 2. The maximum Gasteiger partial charge on any atom is 0.256 e. The van der Waals surface area contributed by atoms with Gasteiger partial charge in [-0.2, -0.15) is 4.31 Å². The first-order valence-corrected chi connectivity index (χ1v) is 11.5. The lowest BCUT2D eigenvalue weighted by atomic mass is 10.1. The highest BCUT2D eigenvalue weighted by molar-refractivity contribution is 7.91. The summed E-state index contributed by atoms with van der Waals surface area (Å²) in [6.07, 6.45) is 1.33. The molecule has 3 rings (SSSR count). The predicted octanol–water partition coefficient (Wildman–Crippen LogP) is 0.387. The monoisotopic (exact) mass is 457 g/mol. The Balaban J connectivity index is 1.86. The number of amides is 2. The summed E-state index contributed by atoms with van der Waals surface area (Å²) < 4.78 is 27.2. The summed E-state index contributed by atoms with van der Waals surface area (Å²) in [6, 6.07) is 5.17. The average Bonchev–Trinajstić information content (AvgIpc) is 3.27. The number of rotatable bonds is 6. The molecule has 1 atom stereocenters. The lowest BCUT2D eigenvalue weighted by Gasteiger charge is -2.39. The number of piperazine rings is 1. The molecule has 29 heavy (non-hydrogen) atoms. The van der Waals surface area contributed by atoms with E-state index >= 15 is 0 Å². The molecule has 1 fully saturated rings. The molecule has 0 bridgehead atoms. The van der Waals surface area contributed by atoms with Crippen molar-refractivity contribution < 1.29 is 18.0 Å². The molecule has 0 saturated carbocycles. The number of pyridine rings is 1. The van der Waals surface area contributed by atoms with Crippen molar-refractivity contribution >= 4 is 44.8 Å². The van der Waals surface area contributed by atoms with Gasteiger partial charge in [-0.15, -0.1) is 11.3 Å². The number of aromatic nitrogens is 1. The molecule has 0 aliphatic carbocycles. The maximum absolute atomic E-state index is 13.0. The number of hydrogen-bond acceptors (Lipinski definition) is 7. The number of thiophene rings is 1. The average molecular weight is 458 g/mol. The Labute approximate surface area is 177 Å². The quantitative estimate of drug-likeness (QED) is 0.604. The van der Waals surface area contributed by atoms with Crippen LogP contribution in [-0.2, 0) is 14.8 Å². The Morgan fingerprint density at radius 3 is 2.72 bits per heavy atom. The first-order valence-electron chi connectivity index (χ1n) is 8.78. The normalized spacial score (nSPS) is 17.9. The van der Waals surface area contributed by atoms with Gasteiger partial charge in [0.05, 0.1) is 5.56 Å². The zero-order valence-electron chi connectivity index (χ0n) is 15.3. The van der Waals surface area contributed by atoms with E-state index < -0.39 is 27.9 Å². The van der Waals surface area contributed by atoms with Crippen molar-refractivity contribution in [2.24, 2.45) is 5.73 Å². The lowest BCUT2D eigenvalue weighted by molar-refractivity contribution is -0.126. The van der Waals surface area contributed by atoms with Crippen molar-refractivity contribution in [3.8, 4) is 0 Å². The van der Waals surface area contributed by atoms with E-state index in [1.807, 2.05) is 0 Å². The minimum absolute atomic E-state index is 0.0623. The second kappa shape index (κ2) is 9.18. The molecule has 2 aromatic rings. The third-order valence-electron chi connectivity index (χ3n) is 4.41. The van der Waals surface area contributed by atoms with Gasteiger partial charge in [0.1, 0.15) is 15.4 Å². The van der Waals surface area contributed by atoms with Crippen LogP contribution in [0.1, 0.15) is 10.4 Å². The maximum atomic E-state index is 13.0. The molecular weight excluding hydrogens is 438 g/mol. The molecule has 156 valence electrons. The summed E-state index contributed by atoms with van der Waals surface area (Å²) in [7, 11) is -3.75. The minimum atomic E-state index is -3.75. The Bertz CT molecular complexity index is 966. The number of sulfonamides is 1. The van der Waals surface area contributed by atoms with Gasteiger partial charge in [0, 0.05) is 38.9 Å². The van der Waals surface area contributed by atoms with E-state index in [1.165, 1.54) is 33.6 Å². The molecule has 1 aliphatic heterocycles. The molecule has 12 heteroatoms. The fourth-order valence-corrected chi connectivity index (χ4v) is 5.66. The largest absolute Gasteiger partial charge is 0.353 e. The minimum Gasteiger partial charge on any atom is -0.353 e. The second-order valence-electron chi connectivity index (χ2n) is 6.26. The summed E-state index contributed by atoms with van der Waals surface area (Å²) >= 11 is 6.88. The molecule has 3 heterocycles. The molecule has 1 aliphatic rings. The highest BCUT2D eigenvalue weighted by atomic mass is 35.5. The van der Waals surface area contributed by atoms with Gasteiger partial charge in [0.15, 0.2) is 0 Å². The van der Waals surface area contributed by atoms with Gasteiger partial charge in [0.25, 0.3) is 15.9 Å². The Morgan fingerprint density at radius 1 is 1.31 bits per heavy atom. The zero-order chi connectivity index (χ0) is 21.0. The van der Waals surface area contributed by atoms with Crippen LogP contribution >= 0.6 is 22.9 Å². The number of nitrogens with two attached hydrogens (primary N) is 1. The summed E-state index contributed by atoms with van der Waals surface area (Å²) in [5.74, 6) is -0.882. The summed E-state index contributed by atoms with van der Waals surface area (Å²) in [5, 5.41) is 4.55. The van der Waals surface area contributed by atoms with Gasteiger partial charge in [-0.1, -0.05) is 17.7 Å². The number of carbonyl (C=O) groups is 2. The Kier molecular flexibility index (Phi) is 6.85. The second-order valence-corrected chi connectivity index (χ2v) is 9.76. The first kappa shape index (κ1) is 21.7. The predicted molar refractivity (Wildman–Crippen MR) is 109 cm³/mol. The third-order valence-corrected chi connectivity index (χ3v) is 7.88. The van der Waals surface area contributed by atoms with Crippen molar-refractivity contribution in [3.05, 3.63) is 46.6 Å². The number of carbonyl (C=O) groups excluding carboxylic acids is 2. The van der Waals surface area contributed by atoms with Gasteiger partial charge >= 0.3 is 0 Å². The van der Waals surface area contributed by atoms with Crippen LogP contribution in [0.4, 0.5) is 0 Å². The molecule has 0 aromatic carbocycles. The number of nitrogens with one attached hydrogen (secondary N) is 1. The summed E-state index contributed by atoms with van der Waals surface area (Å²) in [4.78, 5) is 30.9. The molecule has 2 aromatic heterocycles. The van der Waals surface area contributed by atoms with Gasteiger partial charge in [0.2, 0.25) is 5.91 Å². The van der Waals surface area contributed by atoms with Crippen LogP contribution in [-0.4, -0.2) is 73.2 Å². The van der Waals surface area contributed by atoms with Crippen LogP contribution in [0.3, 0.4) is 0 Å². The van der Waals surface area contributed by atoms with E-state index in [9.17, 15) is 18.0 Å². The van der Waals surface area contributed by atoms with E-state index in [2.05, 4.69) is 10.3 Å². The van der Waals surface area contributed by atoms with Crippen LogP contribution in [0.25, 0.3) is 0 Å². The molecule has 3 N–H and O–H groups in total. The van der Waals surface area contributed by atoms with Gasteiger partial charge < -0.3 is 16.0 Å². The molecule has 9 nitrogen and oxygen atoms in total. The van der Waals surface area contributed by atoms with Gasteiger partial charge in [-0.05, 0) is 23.6 Å². The molecular formula is C17H20ClN5O4S2. The summed E-state index contributed by atoms with van der Waals surface area (Å²) in [6.45, 7) is 0.437. The molecule has 0 radical (unpaired) electrons. The Hall–Kier alpha value is -2.05. The van der Waals surface area contributed by atoms with E-state index in [-0.39, 0.29) is 47.6 Å². The highest BCUT2D eigenvalue weighted by Crippen LogP contribution is 2.24. The fourth-order valence-electron chi connectivity index (χ4n) is 2.96. The topological polar surface area (TPSA) is 126 Å². The van der Waals surface area contributed by atoms with Crippen LogP contribution in [0.15, 0.2) is 40.1 Å². The van der Waals surface area contributed by atoms with Crippen molar-refractivity contribution in [2.75, 3.05) is 32.7 Å². The fraction of sp³-hybridized carbons (Fsp3) is 0.353. The highest BCUT2D eigenvalue weighted by Gasteiger charge is 2.40. The third kappa shape index (κ3) is 4.75. The molecule has 1 saturated heterocycles. The van der Waals surface area contributed by atoms with Crippen LogP contribution in [0.2, 0.25) is 5.15 Å². The zero-order valence-corrected chi connectivity index (χ0v) is 17.7. The van der Waals surface area contributed by atoms with E-state index in [0.29, 0.717) is 0 Å². The van der Waals surface area contributed by atoms with Crippen LogP contribution in [0, 0.1) is 0 Å². The van der Waals surface area contributed by atoms with Crippen LogP contribution < -0.4 is 11.1 Å². The van der Waals surface area contributed by atoms with E-state index in [4.69, 9.17) is 17.3 Å². The standard InChI is InChI=1S/C17H20ClN5O4S2/c18-14-4-3-12(10-21-14)17(25)23-8-7-22(11-13(23)16(24)20-6-5-19)29(26,27)15-2-1-9-28-15/h1-4,9-10,13H,5-8,11,19H2,(H,20,24). The lowest BCUT2D eigenvalue weighted by Crippen LogP contribution is -2.61. The van der Waals surface area contributed by atoms with Crippen molar-refractivity contribution in [1.29, 1.82) is 0 Å². The van der Waals surface area contributed by atoms with Crippen molar-refractivity contribution in [1.82, 2.24) is 19.5 Å². The Morgan fingerprint density at radius 2 is 2.10 bits per heavy atom. The van der Waals surface area contributed by atoms with Crippen molar-refractivity contribution in [3.63, 3.8) is 0 Å². The van der Waals surface area contributed by atoms with E-state index in [0.717, 1.165) is 11.3 Å². The molecule has 1 unspecified atom stereocenters.